The maximum Gasteiger partial charge on any atom is 0.416 e. The van der Waals surface area contributed by atoms with E-state index in [1.54, 1.807) is 18.2 Å². The highest BCUT2D eigenvalue weighted by molar-refractivity contribution is 6.12. The molecular weight excluding hydrogens is 579 g/mol. The molecule has 0 fully saturated rings. The summed E-state index contributed by atoms with van der Waals surface area (Å²) in [6.07, 6.45) is -4.58. The minimum absolute atomic E-state index is 0.271. The zero-order valence-corrected chi connectivity index (χ0v) is 25.0. The summed E-state index contributed by atoms with van der Waals surface area (Å²) in [7, 11) is 0. The average molecular weight is 606 g/mol. The fourth-order valence-corrected chi connectivity index (χ4v) is 6.88. The van der Waals surface area contributed by atoms with Gasteiger partial charge in [0.1, 0.15) is 0 Å². The highest BCUT2D eigenvalue weighted by atomic mass is 19.4. The van der Waals surface area contributed by atoms with Crippen molar-refractivity contribution in [2.24, 2.45) is 0 Å². The van der Waals surface area contributed by atoms with Crippen LogP contribution in [-0.2, 0) is 6.18 Å². The van der Waals surface area contributed by atoms with Gasteiger partial charge in [0.05, 0.1) is 39.9 Å². The Morgan fingerprint density at radius 1 is 0.543 bits per heavy atom. The van der Waals surface area contributed by atoms with E-state index in [2.05, 4.69) is 27.6 Å². The van der Waals surface area contributed by atoms with E-state index in [-0.39, 0.29) is 5.69 Å². The molecule has 0 unspecified atom stereocenters. The Morgan fingerprint density at radius 3 is 1.65 bits per heavy atom. The van der Waals surface area contributed by atoms with Crippen molar-refractivity contribution in [3.8, 4) is 22.5 Å². The molecule has 0 saturated heterocycles. The molecule has 8 aromatic rings. The van der Waals surface area contributed by atoms with Crippen LogP contribution in [0.5, 0.6) is 0 Å². The molecule has 0 aliphatic carbocycles. The number of rotatable bonds is 3. The van der Waals surface area contributed by atoms with Gasteiger partial charge >= 0.3 is 6.18 Å². The van der Waals surface area contributed by atoms with Crippen molar-refractivity contribution in [3.63, 3.8) is 0 Å². The first-order chi connectivity index (χ1) is 22.2. The average Bonchev–Trinajstić information content (AvgIpc) is 3.55. The molecule has 0 bridgehead atoms. The molecule has 3 nitrogen and oxygen atoms in total. The predicted molar refractivity (Wildman–Crippen MR) is 181 cm³/mol. The lowest BCUT2D eigenvalue weighted by molar-refractivity contribution is -0.137. The van der Waals surface area contributed by atoms with Gasteiger partial charge in [-0.25, -0.2) is 4.85 Å². The third kappa shape index (κ3) is 4.13. The van der Waals surface area contributed by atoms with Crippen LogP contribution in [-0.4, -0.2) is 9.13 Å². The van der Waals surface area contributed by atoms with Gasteiger partial charge in [-0.15, -0.1) is 0 Å². The van der Waals surface area contributed by atoms with Crippen LogP contribution in [0.25, 0.3) is 71.0 Å². The highest BCUT2D eigenvalue weighted by Gasteiger charge is 2.32. The Kier molecular flexibility index (Phi) is 6.10. The van der Waals surface area contributed by atoms with Gasteiger partial charge in [-0.1, -0.05) is 71.8 Å². The van der Waals surface area contributed by atoms with Crippen molar-refractivity contribution in [1.82, 2.24) is 9.13 Å². The van der Waals surface area contributed by atoms with E-state index in [1.165, 1.54) is 6.07 Å². The zero-order chi connectivity index (χ0) is 31.7. The Balaban J connectivity index is 1.55. The minimum atomic E-state index is -4.58. The summed E-state index contributed by atoms with van der Waals surface area (Å²) in [4.78, 5) is 3.89. The quantitative estimate of drug-likeness (QED) is 0.178. The first kappa shape index (κ1) is 27.7. The van der Waals surface area contributed by atoms with Crippen LogP contribution in [0.1, 0.15) is 16.7 Å². The van der Waals surface area contributed by atoms with Crippen LogP contribution in [0.3, 0.4) is 0 Å². The lowest BCUT2D eigenvalue weighted by atomic mass is 9.96. The second-order valence-corrected chi connectivity index (χ2v) is 11.8. The van der Waals surface area contributed by atoms with Crippen molar-refractivity contribution in [2.75, 3.05) is 0 Å². The Hall–Kier alpha value is -5.80. The van der Waals surface area contributed by atoms with Crippen molar-refractivity contribution < 1.29 is 13.2 Å². The Bertz CT molecular complexity index is 2560. The minimum Gasteiger partial charge on any atom is -0.310 e. The first-order valence-electron chi connectivity index (χ1n) is 15.0. The fraction of sp³-hybridized carbons (Fsp3) is 0.0750. The smallest absolute Gasteiger partial charge is 0.310 e. The standard InChI is InChI=1S/C40H26F3N3/c1-24-15-18-35-29(21-24)27-9-4-6-12-33(27)45(35)37-20-17-26(40(41,42)43)23-31(37)39-32(44-3)11-8-14-38(39)46-34-13-7-5-10-28(34)30-22-25(2)16-19-36(30)46/h4-23H,1-2H3. The third-order valence-electron chi connectivity index (χ3n) is 8.87. The largest absolute Gasteiger partial charge is 0.416 e. The molecule has 8 rings (SSSR count). The van der Waals surface area contributed by atoms with Gasteiger partial charge in [0, 0.05) is 32.8 Å². The number of aryl methyl sites for hydroxylation is 2. The number of halogens is 3. The summed E-state index contributed by atoms with van der Waals surface area (Å²) in [5.74, 6) is 0. The Morgan fingerprint density at radius 2 is 1.09 bits per heavy atom. The molecule has 0 atom stereocenters. The molecule has 0 aliphatic heterocycles. The summed E-state index contributed by atoms with van der Waals surface area (Å²) in [6.45, 7) is 12.3. The predicted octanol–water partition coefficient (Wildman–Crippen LogP) is 11.7. The third-order valence-corrected chi connectivity index (χ3v) is 8.87. The van der Waals surface area contributed by atoms with E-state index in [4.69, 9.17) is 6.57 Å². The molecule has 6 aromatic carbocycles. The van der Waals surface area contributed by atoms with Gasteiger partial charge in [0.25, 0.3) is 0 Å². The van der Waals surface area contributed by atoms with Gasteiger partial charge in [0.2, 0.25) is 0 Å². The maximum atomic E-state index is 14.4. The summed E-state index contributed by atoms with van der Waals surface area (Å²) in [5, 5.41) is 4.08. The van der Waals surface area contributed by atoms with Crippen LogP contribution in [0.15, 0.2) is 121 Å². The molecule has 46 heavy (non-hydrogen) atoms. The van der Waals surface area contributed by atoms with Crippen molar-refractivity contribution in [1.29, 1.82) is 0 Å². The van der Waals surface area contributed by atoms with Crippen LogP contribution < -0.4 is 0 Å². The SMILES string of the molecule is [C-]#[N+]c1cccc(-n2c3ccccc3c3cc(C)ccc32)c1-c1cc(C(F)(F)F)ccc1-n1c2ccccc2c2cc(C)ccc21. The number of hydrogen-bond donors (Lipinski definition) is 0. The monoisotopic (exact) mass is 605 g/mol. The van der Waals surface area contributed by atoms with Crippen LogP contribution >= 0.6 is 0 Å². The normalized spacial score (nSPS) is 12.0. The van der Waals surface area contributed by atoms with E-state index in [1.807, 2.05) is 91.2 Å². The van der Waals surface area contributed by atoms with Crippen LogP contribution in [0.4, 0.5) is 18.9 Å². The lowest BCUT2D eigenvalue weighted by Crippen LogP contribution is -2.08. The molecule has 222 valence electrons. The first-order valence-corrected chi connectivity index (χ1v) is 15.0. The molecule has 0 aliphatic rings. The van der Waals surface area contributed by atoms with Gasteiger partial charge in [-0.3, -0.25) is 0 Å². The van der Waals surface area contributed by atoms with Crippen molar-refractivity contribution >= 4 is 49.3 Å². The number of para-hydroxylation sites is 2. The number of aromatic nitrogens is 2. The number of fused-ring (bicyclic) bond motifs is 6. The molecule has 0 saturated carbocycles. The van der Waals surface area contributed by atoms with Crippen LogP contribution in [0.2, 0.25) is 0 Å². The molecule has 0 spiro atoms. The number of nitrogens with zero attached hydrogens (tertiary/aromatic N) is 3. The second-order valence-electron chi connectivity index (χ2n) is 11.8. The molecule has 0 amide bonds. The number of hydrogen-bond acceptors (Lipinski definition) is 0. The second kappa shape index (κ2) is 10.1. The van der Waals surface area contributed by atoms with Gasteiger partial charge in [-0.05, 0) is 80.1 Å². The Labute approximate surface area is 263 Å². The van der Waals surface area contributed by atoms with E-state index in [0.717, 1.165) is 60.8 Å². The van der Waals surface area contributed by atoms with E-state index < -0.39 is 11.7 Å². The maximum absolute atomic E-state index is 14.4. The summed E-state index contributed by atoms with van der Waals surface area (Å²) in [5.41, 5.74) is 7.25. The lowest BCUT2D eigenvalue weighted by Gasteiger charge is -2.21. The topological polar surface area (TPSA) is 14.2 Å². The number of benzene rings is 6. The summed E-state index contributed by atoms with van der Waals surface area (Å²) in [6, 6.07) is 37.6. The van der Waals surface area contributed by atoms with Crippen molar-refractivity contribution in [2.45, 2.75) is 20.0 Å². The molecule has 2 heterocycles. The van der Waals surface area contributed by atoms with E-state index in [0.29, 0.717) is 22.5 Å². The molecule has 0 radical (unpaired) electrons. The van der Waals surface area contributed by atoms with E-state index in [9.17, 15) is 13.2 Å². The van der Waals surface area contributed by atoms with Gasteiger partial charge in [0.15, 0.2) is 5.69 Å². The van der Waals surface area contributed by atoms with Crippen LogP contribution in [0, 0.1) is 20.4 Å². The zero-order valence-electron chi connectivity index (χ0n) is 25.0. The summed E-state index contributed by atoms with van der Waals surface area (Å²) < 4.78 is 47.4. The molecular formula is C40H26F3N3. The highest BCUT2D eigenvalue weighted by Crippen LogP contribution is 2.46. The molecule has 0 N–H and O–H groups in total. The van der Waals surface area contributed by atoms with Gasteiger partial charge < -0.3 is 9.13 Å². The summed E-state index contributed by atoms with van der Waals surface area (Å²) >= 11 is 0. The fourth-order valence-electron chi connectivity index (χ4n) is 6.88. The van der Waals surface area contributed by atoms with Gasteiger partial charge in [-0.2, -0.15) is 13.2 Å². The molecule has 6 heteroatoms. The molecule has 2 aromatic heterocycles. The van der Waals surface area contributed by atoms with E-state index >= 15 is 0 Å². The van der Waals surface area contributed by atoms with Crippen molar-refractivity contribution in [3.05, 3.63) is 149 Å². The number of alkyl halides is 3.